The molecule has 0 aliphatic rings. The third kappa shape index (κ3) is 2.06. The zero-order valence-corrected chi connectivity index (χ0v) is 8.25. The second-order valence-corrected chi connectivity index (χ2v) is 3.06. The first-order valence-corrected chi connectivity index (χ1v) is 4.16. The molecule has 0 spiro atoms. The first kappa shape index (κ1) is 11.4. The maximum absolute atomic E-state index is 13.1. The lowest BCUT2D eigenvalue weighted by Gasteiger charge is -2.13. The van der Waals surface area contributed by atoms with Crippen LogP contribution in [0.15, 0.2) is 18.2 Å². The molecule has 1 N–H and O–H groups in total. The molecule has 5 heteroatoms. The third-order valence-corrected chi connectivity index (χ3v) is 2.04. The largest absolute Gasteiger partial charge is 0.496 e. The number of ether oxygens (including phenoxy) is 1. The van der Waals surface area contributed by atoms with Crippen LogP contribution in [0.1, 0.15) is 11.1 Å². The SMILES string of the molecule is COc1cc(C(F)(F)C(=O)O)ccc1C. The second kappa shape index (κ2) is 3.84. The first-order valence-electron chi connectivity index (χ1n) is 4.16. The van der Waals surface area contributed by atoms with E-state index in [0.717, 1.165) is 12.1 Å². The molecule has 0 aliphatic carbocycles. The fourth-order valence-electron chi connectivity index (χ4n) is 1.14. The number of carboxylic acid groups (broad SMARTS) is 1. The standard InChI is InChI=1S/C10H10F2O3/c1-6-3-4-7(5-8(6)15-2)10(11,12)9(13)14/h3-5H,1-2H3,(H,13,14). The van der Waals surface area contributed by atoms with Gasteiger partial charge in [0, 0.05) is 5.56 Å². The topological polar surface area (TPSA) is 46.5 Å². The molecule has 15 heavy (non-hydrogen) atoms. The minimum absolute atomic E-state index is 0.244. The molecule has 82 valence electrons. The van der Waals surface area contributed by atoms with Gasteiger partial charge in [-0.1, -0.05) is 12.1 Å². The number of hydrogen-bond donors (Lipinski definition) is 1. The number of halogens is 2. The molecule has 3 nitrogen and oxygen atoms in total. The monoisotopic (exact) mass is 216 g/mol. The summed E-state index contributed by atoms with van der Waals surface area (Å²) in [4.78, 5) is 10.3. The van der Waals surface area contributed by atoms with Gasteiger partial charge < -0.3 is 9.84 Å². The summed E-state index contributed by atoms with van der Waals surface area (Å²) < 4.78 is 31.0. The van der Waals surface area contributed by atoms with Gasteiger partial charge in [-0.3, -0.25) is 0 Å². The van der Waals surface area contributed by atoms with Gasteiger partial charge in [-0.15, -0.1) is 0 Å². The molecule has 0 atom stereocenters. The van der Waals surface area contributed by atoms with E-state index in [0.29, 0.717) is 5.56 Å². The average molecular weight is 216 g/mol. The number of rotatable bonds is 3. The van der Waals surface area contributed by atoms with Gasteiger partial charge in [0.1, 0.15) is 5.75 Å². The second-order valence-electron chi connectivity index (χ2n) is 3.06. The van der Waals surface area contributed by atoms with Gasteiger partial charge in [0.05, 0.1) is 7.11 Å². The fraction of sp³-hybridized carbons (Fsp3) is 0.300. The molecule has 0 heterocycles. The van der Waals surface area contributed by atoms with Crippen molar-refractivity contribution in [3.05, 3.63) is 29.3 Å². The number of hydrogen-bond acceptors (Lipinski definition) is 2. The van der Waals surface area contributed by atoms with E-state index in [1.54, 1.807) is 6.92 Å². The predicted octanol–water partition coefficient (Wildman–Crippen LogP) is 2.18. The summed E-state index contributed by atoms with van der Waals surface area (Å²) in [5.41, 5.74) is 0.0832. The van der Waals surface area contributed by atoms with Crippen molar-refractivity contribution in [1.82, 2.24) is 0 Å². The summed E-state index contributed by atoms with van der Waals surface area (Å²) in [5, 5.41) is 8.34. The Balaban J connectivity index is 3.22. The smallest absolute Gasteiger partial charge is 0.379 e. The lowest BCUT2D eigenvalue weighted by Crippen LogP contribution is -2.25. The Morgan fingerprint density at radius 1 is 1.47 bits per heavy atom. The molecule has 0 bridgehead atoms. The third-order valence-electron chi connectivity index (χ3n) is 2.04. The minimum atomic E-state index is -3.89. The van der Waals surface area contributed by atoms with E-state index in [9.17, 15) is 13.6 Å². The minimum Gasteiger partial charge on any atom is -0.496 e. The van der Waals surface area contributed by atoms with Crippen LogP contribution < -0.4 is 4.74 Å². The van der Waals surface area contributed by atoms with E-state index in [1.807, 2.05) is 0 Å². The Bertz CT molecular complexity index is 388. The highest BCUT2D eigenvalue weighted by molar-refractivity contribution is 5.77. The van der Waals surface area contributed by atoms with Crippen molar-refractivity contribution in [2.75, 3.05) is 7.11 Å². The highest BCUT2D eigenvalue weighted by atomic mass is 19.3. The van der Waals surface area contributed by atoms with E-state index < -0.39 is 17.5 Å². The van der Waals surface area contributed by atoms with Crippen molar-refractivity contribution in [3.63, 3.8) is 0 Å². The lowest BCUT2D eigenvalue weighted by molar-refractivity contribution is -0.166. The van der Waals surface area contributed by atoms with Gasteiger partial charge >= 0.3 is 11.9 Å². The molecule has 0 saturated carbocycles. The molecule has 0 saturated heterocycles. The van der Waals surface area contributed by atoms with Gasteiger partial charge in [0.2, 0.25) is 0 Å². The number of aryl methyl sites for hydroxylation is 1. The van der Waals surface area contributed by atoms with Gasteiger partial charge in [-0.2, -0.15) is 8.78 Å². The summed E-state index contributed by atoms with van der Waals surface area (Å²) in [6, 6.07) is 3.50. The quantitative estimate of drug-likeness (QED) is 0.842. The average Bonchev–Trinajstić information content (AvgIpc) is 2.18. The molecule has 0 radical (unpaired) electrons. The lowest BCUT2D eigenvalue weighted by atomic mass is 10.1. The predicted molar refractivity (Wildman–Crippen MR) is 49.3 cm³/mol. The van der Waals surface area contributed by atoms with E-state index in [2.05, 4.69) is 0 Å². The molecule has 1 aromatic carbocycles. The van der Waals surface area contributed by atoms with Crippen molar-refractivity contribution in [2.45, 2.75) is 12.8 Å². The van der Waals surface area contributed by atoms with Crippen molar-refractivity contribution in [3.8, 4) is 5.75 Å². The van der Waals surface area contributed by atoms with Gasteiger partial charge in [0.25, 0.3) is 0 Å². The van der Waals surface area contributed by atoms with E-state index in [1.165, 1.54) is 13.2 Å². The van der Waals surface area contributed by atoms with Crippen LogP contribution in [-0.4, -0.2) is 18.2 Å². The molecule has 0 aliphatic heterocycles. The van der Waals surface area contributed by atoms with Crippen LogP contribution in [0.5, 0.6) is 5.75 Å². The van der Waals surface area contributed by atoms with Crippen molar-refractivity contribution in [2.24, 2.45) is 0 Å². The van der Waals surface area contributed by atoms with Crippen LogP contribution in [0.25, 0.3) is 0 Å². The van der Waals surface area contributed by atoms with Gasteiger partial charge in [0.15, 0.2) is 0 Å². The Hall–Kier alpha value is -1.65. The molecular formula is C10H10F2O3. The van der Waals surface area contributed by atoms with E-state index >= 15 is 0 Å². The van der Waals surface area contributed by atoms with Crippen LogP contribution in [0.3, 0.4) is 0 Å². The van der Waals surface area contributed by atoms with Crippen molar-refractivity contribution < 1.29 is 23.4 Å². The van der Waals surface area contributed by atoms with Gasteiger partial charge in [-0.05, 0) is 18.6 Å². The molecule has 0 amide bonds. The van der Waals surface area contributed by atoms with Crippen LogP contribution >= 0.6 is 0 Å². The summed E-state index contributed by atoms with van der Waals surface area (Å²) in [7, 11) is 1.34. The number of aliphatic carboxylic acids is 1. The normalized spacial score (nSPS) is 11.2. The highest BCUT2D eigenvalue weighted by Gasteiger charge is 2.41. The number of benzene rings is 1. The molecule has 0 unspecified atom stereocenters. The zero-order chi connectivity index (χ0) is 11.6. The zero-order valence-electron chi connectivity index (χ0n) is 8.25. The molecule has 1 aromatic rings. The number of carboxylic acids is 1. The first-order chi connectivity index (χ1) is 6.89. The van der Waals surface area contributed by atoms with Crippen LogP contribution in [0.2, 0.25) is 0 Å². The van der Waals surface area contributed by atoms with E-state index in [4.69, 9.17) is 9.84 Å². The van der Waals surface area contributed by atoms with Crippen LogP contribution in [-0.2, 0) is 10.7 Å². The number of methoxy groups -OCH3 is 1. The number of carbonyl (C=O) groups is 1. The summed E-state index contributed by atoms with van der Waals surface area (Å²) in [5.74, 6) is -5.82. The maximum Gasteiger partial charge on any atom is 0.379 e. The van der Waals surface area contributed by atoms with Crippen molar-refractivity contribution >= 4 is 5.97 Å². The molecule has 0 aromatic heterocycles. The maximum atomic E-state index is 13.1. The van der Waals surface area contributed by atoms with Crippen LogP contribution in [0, 0.1) is 6.92 Å². The summed E-state index contributed by atoms with van der Waals surface area (Å²) in [6.45, 7) is 1.68. The summed E-state index contributed by atoms with van der Waals surface area (Å²) in [6.07, 6.45) is 0. The fourth-order valence-corrected chi connectivity index (χ4v) is 1.14. The molecular weight excluding hydrogens is 206 g/mol. The Kier molecular flexibility index (Phi) is 2.93. The Morgan fingerprint density at radius 3 is 2.53 bits per heavy atom. The van der Waals surface area contributed by atoms with Crippen LogP contribution in [0.4, 0.5) is 8.78 Å². The highest BCUT2D eigenvalue weighted by Crippen LogP contribution is 2.31. The van der Waals surface area contributed by atoms with E-state index in [-0.39, 0.29) is 5.75 Å². The molecule has 1 rings (SSSR count). The van der Waals surface area contributed by atoms with Gasteiger partial charge in [-0.25, -0.2) is 4.79 Å². The summed E-state index contributed by atoms with van der Waals surface area (Å²) >= 11 is 0. The Morgan fingerprint density at radius 2 is 2.07 bits per heavy atom. The number of alkyl halides is 2. The molecule has 0 fully saturated rings. The van der Waals surface area contributed by atoms with Crippen molar-refractivity contribution in [1.29, 1.82) is 0 Å². The Labute approximate surface area is 85.3 Å².